The van der Waals surface area contributed by atoms with E-state index in [-0.39, 0.29) is 6.04 Å². The third-order valence-corrected chi connectivity index (χ3v) is 5.78. The normalized spacial score (nSPS) is 22.0. The second kappa shape index (κ2) is 6.48. The number of likely N-dealkylation sites (N-methyl/N-ethyl adjacent to an activating group) is 1. The van der Waals surface area contributed by atoms with Gasteiger partial charge in [-0.2, -0.15) is 4.31 Å². The van der Waals surface area contributed by atoms with Crippen LogP contribution in [-0.4, -0.2) is 61.4 Å². The van der Waals surface area contributed by atoms with E-state index in [1.54, 1.807) is 16.6 Å². The quantitative estimate of drug-likeness (QED) is 0.845. The lowest BCUT2D eigenvalue weighted by Gasteiger charge is -2.36. The maximum Gasteiger partial charge on any atom is 0.244 e. The van der Waals surface area contributed by atoms with Crippen LogP contribution in [-0.2, 0) is 16.6 Å². The second-order valence-corrected chi connectivity index (χ2v) is 8.01. The van der Waals surface area contributed by atoms with Crippen molar-refractivity contribution in [3.8, 4) is 0 Å². The largest absolute Gasteiger partial charge is 0.363 e. The molecule has 0 saturated carbocycles. The second-order valence-electron chi connectivity index (χ2n) is 6.12. The van der Waals surface area contributed by atoms with Crippen LogP contribution in [0.4, 0.5) is 0 Å². The van der Waals surface area contributed by atoms with Gasteiger partial charge in [-0.1, -0.05) is 13.8 Å². The SMILES string of the molecule is CC(C)NCc1cc(S(=O)(=O)N2CCN(C)CC2C)c[nH]1. The zero-order chi connectivity index (χ0) is 15.6. The van der Waals surface area contributed by atoms with Crippen LogP contribution in [0.5, 0.6) is 0 Å². The number of aromatic amines is 1. The average molecular weight is 314 g/mol. The van der Waals surface area contributed by atoms with E-state index in [1.165, 1.54) is 0 Å². The van der Waals surface area contributed by atoms with Crippen LogP contribution >= 0.6 is 0 Å². The summed E-state index contributed by atoms with van der Waals surface area (Å²) < 4.78 is 27.1. The highest BCUT2D eigenvalue weighted by molar-refractivity contribution is 7.89. The molecule has 1 aliphatic heterocycles. The lowest BCUT2D eigenvalue weighted by atomic mass is 10.2. The zero-order valence-electron chi connectivity index (χ0n) is 13.3. The third kappa shape index (κ3) is 3.85. The molecule has 2 heterocycles. The number of hydrogen-bond acceptors (Lipinski definition) is 4. The maximum atomic E-state index is 12.7. The number of H-pyrrole nitrogens is 1. The van der Waals surface area contributed by atoms with Crippen LogP contribution in [0.25, 0.3) is 0 Å². The standard InChI is InChI=1S/C14H26N4O2S/c1-11(2)15-8-13-7-14(9-16-13)21(19,20)18-6-5-17(4)10-12(18)3/h7,9,11-12,15-16H,5-6,8,10H2,1-4H3. The smallest absolute Gasteiger partial charge is 0.244 e. The minimum Gasteiger partial charge on any atom is -0.363 e. The summed E-state index contributed by atoms with van der Waals surface area (Å²) in [6.45, 7) is 8.82. The number of nitrogens with one attached hydrogen (secondary N) is 2. The van der Waals surface area contributed by atoms with E-state index in [1.807, 2.05) is 14.0 Å². The van der Waals surface area contributed by atoms with E-state index in [9.17, 15) is 8.42 Å². The van der Waals surface area contributed by atoms with Gasteiger partial charge in [-0.05, 0) is 20.0 Å². The summed E-state index contributed by atoms with van der Waals surface area (Å²) in [5.74, 6) is 0. The van der Waals surface area contributed by atoms with Gasteiger partial charge in [-0.15, -0.1) is 0 Å². The number of rotatable bonds is 5. The van der Waals surface area contributed by atoms with E-state index in [2.05, 4.69) is 29.0 Å². The molecule has 6 nitrogen and oxygen atoms in total. The summed E-state index contributed by atoms with van der Waals surface area (Å²) in [4.78, 5) is 5.57. The zero-order valence-corrected chi connectivity index (χ0v) is 14.1. The van der Waals surface area contributed by atoms with Crippen molar-refractivity contribution in [2.75, 3.05) is 26.7 Å². The molecule has 0 aromatic carbocycles. The predicted molar refractivity (Wildman–Crippen MR) is 83.6 cm³/mol. The van der Waals surface area contributed by atoms with Gasteiger partial charge in [0.25, 0.3) is 0 Å². The fraction of sp³-hybridized carbons (Fsp3) is 0.714. The van der Waals surface area contributed by atoms with Crippen molar-refractivity contribution in [1.82, 2.24) is 19.5 Å². The summed E-state index contributed by atoms with van der Waals surface area (Å²) in [5.41, 5.74) is 0.893. The molecule has 0 spiro atoms. The molecule has 0 radical (unpaired) electrons. The van der Waals surface area contributed by atoms with E-state index < -0.39 is 10.0 Å². The lowest BCUT2D eigenvalue weighted by Crippen LogP contribution is -2.52. The molecule has 1 atom stereocenters. The van der Waals surface area contributed by atoms with Gasteiger partial charge in [0, 0.05) is 50.2 Å². The Bertz CT molecular complexity index is 567. The summed E-state index contributed by atoms with van der Waals surface area (Å²) in [6, 6.07) is 2.10. The Balaban J connectivity index is 2.12. The Morgan fingerprint density at radius 3 is 2.76 bits per heavy atom. The Morgan fingerprint density at radius 1 is 1.43 bits per heavy atom. The van der Waals surface area contributed by atoms with Gasteiger partial charge in [0.05, 0.1) is 4.90 Å². The van der Waals surface area contributed by atoms with Gasteiger partial charge in [0.2, 0.25) is 10.0 Å². The Morgan fingerprint density at radius 2 is 2.14 bits per heavy atom. The van der Waals surface area contributed by atoms with Gasteiger partial charge in [0.15, 0.2) is 0 Å². The van der Waals surface area contributed by atoms with Crippen LogP contribution in [0.2, 0.25) is 0 Å². The number of aromatic nitrogens is 1. The van der Waals surface area contributed by atoms with Gasteiger partial charge >= 0.3 is 0 Å². The monoisotopic (exact) mass is 314 g/mol. The molecule has 2 rings (SSSR count). The third-order valence-electron chi connectivity index (χ3n) is 3.79. The fourth-order valence-electron chi connectivity index (χ4n) is 2.60. The Labute approximate surface area is 127 Å². The van der Waals surface area contributed by atoms with E-state index >= 15 is 0 Å². The van der Waals surface area contributed by atoms with E-state index in [4.69, 9.17) is 0 Å². The maximum absolute atomic E-state index is 12.7. The van der Waals surface area contributed by atoms with E-state index in [0.717, 1.165) is 18.8 Å². The van der Waals surface area contributed by atoms with Gasteiger partial charge in [-0.3, -0.25) is 0 Å². The highest BCUT2D eigenvalue weighted by atomic mass is 32.2. The first-order valence-corrected chi connectivity index (χ1v) is 8.85. The van der Waals surface area contributed by atoms with Crippen molar-refractivity contribution < 1.29 is 8.42 Å². The van der Waals surface area contributed by atoms with Crippen LogP contribution in [0.15, 0.2) is 17.2 Å². The topological polar surface area (TPSA) is 68.4 Å². The van der Waals surface area contributed by atoms with Gasteiger partial charge in [-0.25, -0.2) is 8.42 Å². The summed E-state index contributed by atoms with van der Waals surface area (Å²) in [7, 11) is -1.38. The molecule has 0 aliphatic carbocycles. The van der Waals surface area contributed by atoms with E-state index in [0.29, 0.717) is 24.0 Å². The van der Waals surface area contributed by atoms with Gasteiger partial charge < -0.3 is 15.2 Å². The van der Waals surface area contributed by atoms with Crippen molar-refractivity contribution in [3.63, 3.8) is 0 Å². The molecule has 1 fully saturated rings. The summed E-state index contributed by atoms with van der Waals surface area (Å²) >= 11 is 0. The first kappa shape index (κ1) is 16.5. The van der Waals surface area contributed by atoms with Gasteiger partial charge in [0.1, 0.15) is 0 Å². The molecule has 2 N–H and O–H groups in total. The molecule has 0 bridgehead atoms. The molecular formula is C14H26N4O2S. The van der Waals surface area contributed by atoms with Crippen molar-refractivity contribution in [2.24, 2.45) is 0 Å². The predicted octanol–water partition coefficient (Wildman–Crippen LogP) is 0.837. The molecule has 7 heteroatoms. The minimum absolute atomic E-state index is 0.000823. The van der Waals surface area contributed by atoms with Crippen molar-refractivity contribution in [1.29, 1.82) is 0 Å². The molecular weight excluding hydrogens is 288 g/mol. The molecule has 120 valence electrons. The summed E-state index contributed by atoms with van der Waals surface area (Å²) in [5, 5.41) is 3.27. The Kier molecular flexibility index (Phi) is 5.08. The van der Waals surface area contributed by atoms with Crippen LogP contribution < -0.4 is 5.32 Å². The molecule has 21 heavy (non-hydrogen) atoms. The average Bonchev–Trinajstić information content (AvgIpc) is 2.85. The molecule has 1 unspecified atom stereocenters. The van der Waals surface area contributed by atoms with Crippen molar-refractivity contribution in [2.45, 2.75) is 44.3 Å². The highest BCUT2D eigenvalue weighted by Crippen LogP contribution is 2.21. The summed E-state index contributed by atoms with van der Waals surface area (Å²) in [6.07, 6.45) is 1.59. The molecule has 1 aliphatic rings. The van der Waals surface area contributed by atoms with Crippen molar-refractivity contribution >= 4 is 10.0 Å². The highest BCUT2D eigenvalue weighted by Gasteiger charge is 2.33. The Hall–Kier alpha value is -0.890. The van der Waals surface area contributed by atoms with Crippen molar-refractivity contribution in [3.05, 3.63) is 18.0 Å². The number of piperazine rings is 1. The molecule has 1 aromatic heterocycles. The lowest BCUT2D eigenvalue weighted by molar-refractivity contribution is 0.170. The molecule has 0 amide bonds. The minimum atomic E-state index is -3.40. The molecule has 1 saturated heterocycles. The van der Waals surface area contributed by atoms with Crippen LogP contribution in [0, 0.1) is 0 Å². The number of hydrogen-bond donors (Lipinski definition) is 2. The van der Waals surface area contributed by atoms with Crippen LogP contribution in [0.1, 0.15) is 26.5 Å². The number of sulfonamides is 1. The number of nitrogens with zero attached hydrogens (tertiary/aromatic N) is 2. The first-order chi connectivity index (χ1) is 9.80. The first-order valence-electron chi connectivity index (χ1n) is 7.41. The molecule has 1 aromatic rings. The fourth-order valence-corrected chi connectivity index (χ4v) is 4.23. The van der Waals surface area contributed by atoms with Crippen LogP contribution in [0.3, 0.4) is 0 Å².